The number of aromatic nitrogens is 1. The fraction of sp³-hybridized carbons (Fsp3) is 0.0714. The van der Waals surface area contributed by atoms with Crippen LogP contribution in [0, 0.1) is 5.82 Å². The third-order valence-electron chi connectivity index (χ3n) is 3.28. The summed E-state index contributed by atoms with van der Waals surface area (Å²) in [7, 11) is -4.24. The zero-order chi connectivity index (χ0) is 19.1. The molecular weight excluding hydrogens is 359 g/mol. The lowest BCUT2D eigenvalue weighted by molar-refractivity contribution is 0.0695. The maximum atomic E-state index is 14.1. The minimum Gasteiger partial charge on any atom is -0.478 e. The fourth-order valence-corrected chi connectivity index (χ4v) is 3.39. The van der Waals surface area contributed by atoms with E-state index in [4.69, 9.17) is 5.73 Å². The second kappa shape index (κ2) is 6.02. The normalized spacial score (nSPS) is 11.3. The van der Waals surface area contributed by atoms with E-state index in [2.05, 4.69) is 0 Å². The topological polar surface area (TPSA) is 168 Å². The summed E-state index contributed by atoms with van der Waals surface area (Å²) in [5, 5.41) is 18.6. The van der Waals surface area contributed by atoms with Gasteiger partial charge in [-0.15, -0.1) is 0 Å². The molecule has 0 saturated carbocycles. The predicted octanol–water partition coefficient (Wildman–Crippen LogP) is 0.563. The van der Waals surface area contributed by atoms with E-state index in [1.807, 2.05) is 4.98 Å². The van der Waals surface area contributed by atoms with Gasteiger partial charge in [0, 0.05) is 17.4 Å². The largest absolute Gasteiger partial charge is 0.478 e. The van der Waals surface area contributed by atoms with Gasteiger partial charge in [0.2, 0.25) is 0 Å². The highest BCUT2D eigenvalue weighted by molar-refractivity contribution is 7.90. The molecule has 0 fully saturated rings. The Labute approximate surface area is 139 Å². The van der Waals surface area contributed by atoms with E-state index in [1.54, 1.807) is 0 Å². The van der Waals surface area contributed by atoms with Gasteiger partial charge in [-0.05, 0) is 6.07 Å². The van der Waals surface area contributed by atoms with Crippen molar-refractivity contribution in [3.8, 4) is 11.1 Å². The number of rotatable bonds is 4. The number of pyridine rings is 1. The Kier molecular flexibility index (Phi) is 4.36. The number of nitrogens with two attached hydrogens (primary N) is 1. The average molecular weight is 370 g/mol. The summed E-state index contributed by atoms with van der Waals surface area (Å²) in [5.41, 5.74) is 0.898. The van der Waals surface area contributed by atoms with Gasteiger partial charge in [-0.3, -0.25) is 4.79 Å². The SMILES string of the molecule is CS(=O)(=O)c1c(F)cccc1-c1c(C(=O)O)c(N)[nH]c(=O)c1C(=O)O. The van der Waals surface area contributed by atoms with Crippen molar-refractivity contribution in [2.24, 2.45) is 0 Å². The molecule has 2 aromatic rings. The Bertz CT molecular complexity index is 1070. The summed E-state index contributed by atoms with van der Waals surface area (Å²) in [4.78, 5) is 35.8. The highest BCUT2D eigenvalue weighted by Gasteiger charge is 2.30. The van der Waals surface area contributed by atoms with Gasteiger partial charge in [0.1, 0.15) is 27.7 Å². The number of aromatic amines is 1. The molecule has 0 spiro atoms. The third kappa shape index (κ3) is 3.08. The zero-order valence-corrected chi connectivity index (χ0v) is 13.3. The first kappa shape index (κ1) is 18.1. The van der Waals surface area contributed by atoms with Crippen LogP contribution in [-0.4, -0.2) is 41.8 Å². The van der Waals surface area contributed by atoms with E-state index in [0.29, 0.717) is 6.26 Å². The maximum absolute atomic E-state index is 14.1. The van der Waals surface area contributed by atoms with Gasteiger partial charge in [-0.2, -0.15) is 0 Å². The number of nitrogen functional groups attached to an aromatic ring is 1. The van der Waals surface area contributed by atoms with Gasteiger partial charge in [0.15, 0.2) is 9.84 Å². The second-order valence-electron chi connectivity index (χ2n) is 4.99. The van der Waals surface area contributed by atoms with E-state index < -0.39 is 66.1 Å². The lowest BCUT2D eigenvalue weighted by atomic mass is 9.95. The second-order valence-corrected chi connectivity index (χ2v) is 6.94. The molecule has 0 aliphatic heterocycles. The molecule has 0 radical (unpaired) electrons. The summed E-state index contributed by atoms with van der Waals surface area (Å²) in [6.45, 7) is 0. The highest BCUT2D eigenvalue weighted by Crippen LogP contribution is 2.35. The number of halogens is 1. The number of sulfone groups is 1. The van der Waals surface area contributed by atoms with Crippen LogP contribution in [0.25, 0.3) is 11.1 Å². The third-order valence-corrected chi connectivity index (χ3v) is 4.44. The van der Waals surface area contributed by atoms with Crippen molar-refractivity contribution in [3.05, 3.63) is 45.5 Å². The molecular formula is C14H11FN2O7S. The van der Waals surface area contributed by atoms with Crippen LogP contribution in [0.4, 0.5) is 10.2 Å². The zero-order valence-electron chi connectivity index (χ0n) is 12.5. The average Bonchev–Trinajstić information content (AvgIpc) is 2.43. The smallest absolute Gasteiger partial charge is 0.342 e. The van der Waals surface area contributed by atoms with Crippen molar-refractivity contribution in [1.29, 1.82) is 0 Å². The van der Waals surface area contributed by atoms with Gasteiger partial charge in [0.25, 0.3) is 5.56 Å². The molecule has 0 bridgehead atoms. The molecule has 9 nitrogen and oxygen atoms in total. The van der Waals surface area contributed by atoms with Crippen LogP contribution in [0.15, 0.2) is 27.9 Å². The van der Waals surface area contributed by atoms with Crippen LogP contribution in [-0.2, 0) is 9.84 Å². The summed E-state index contributed by atoms with van der Waals surface area (Å²) < 4.78 is 38.0. The van der Waals surface area contributed by atoms with E-state index in [0.717, 1.165) is 18.2 Å². The number of hydrogen-bond acceptors (Lipinski definition) is 6. The van der Waals surface area contributed by atoms with Gasteiger partial charge < -0.3 is 20.9 Å². The first-order valence-corrected chi connectivity index (χ1v) is 8.37. The van der Waals surface area contributed by atoms with Crippen LogP contribution in [0.5, 0.6) is 0 Å². The molecule has 5 N–H and O–H groups in total. The Hall–Kier alpha value is -3.21. The van der Waals surface area contributed by atoms with Gasteiger partial charge in [0.05, 0.1) is 0 Å². The van der Waals surface area contributed by atoms with E-state index in [1.165, 1.54) is 0 Å². The standard InChI is InChI=1S/C14H11FN2O7S/c1-25(23,24)10-5(3-2-4-6(10)15)7-8(13(19)20)11(16)17-12(18)9(7)14(21)22/h2-4H,1H3,(H,19,20)(H,21,22)(H3,16,17,18). The van der Waals surface area contributed by atoms with Gasteiger partial charge >= 0.3 is 11.9 Å². The Morgan fingerprint density at radius 1 is 1.16 bits per heavy atom. The van der Waals surface area contributed by atoms with Gasteiger partial charge in [-0.25, -0.2) is 22.4 Å². The Balaban J connectivity index is 3.19. The molecule has 1 aromatic heterocycles. The van der Waals surface area contributed by atoms with Crippen LogP contribution in [0.1, 0.15) is 20.7 Å². The summed E-state index contributed by atoms with van der Waals surface area (Å²) in [6.07, 6.45) is 0.659. The molecule has 0 amide bonds. The molecule has 0 atom stereocenters. The molecule has 0 aliphatic carbocycles. The fourth-order valence-electron chi connectivity index (χ4n) is 2.40. The van der Waals surface area contributed by atoms with Crippen LogP contribution >= 0.6 is 0 Å². The number of hydrogen-bond donors (Lipinski definition) is 4. The van der Waals surface area contributed by atoms with Crippen molar-refractivity contribution in [1.82, 2.24) is 4.98 Å². The minimum atomic E-state index is -4.24. The lowest BCUT2D eigenvalue weighted by Crippen LogP contribution is -2.24. The number of aromatic carboxylic acids is 2. The first-order valence-electron chi connectivity index (χ1n) is 6.48. The number of anilines is 1. The number of carboxylic acid groups (broad SMARTS) is 2. The van der Waals surface area contributed by atoms with Crippen LogP contribution in [0.2, 0.25) is 0 Å². The molecule has 2 rings (SSSR count). The number of carbonyl (C=O) groups is 2. The number of benzene rings is 1. The van der Waals surface area contributed by atoms with Crippen LogP contribution < -0.4 is 11.3 Å². The summed E-state index contributed by atoms with van der Waals surface area (Å²) in [6, 6.07) is 2.85. The van der Waals surface area contributed by atoms with Gasteiger partial charge in [-0.1, -0.05) is 12.1 Å². The maximum Gasteiger partial charge on any atom is 0.342 e. The Morgan fingerprint density at radius 2 is 1.72 bits per heavy atom. The molecule has 132 valence electrons. The Morgan fingerprint density at radius 3 is 2.20 bits per heavy atom. The van der Waals surface area contributed by atoms with Crippen molar-refractivity contribution in [3.63, 3.8) is 0 Å². The van der Waals surface area contributed by atoms with Crippen LogP contribution in [0.3, 0.4) is 0 Å². The van der Waals surface area contributed by atoms with Crippen molar-refractivity contribution in [2.75, 3.05) is 12.0 Å². The quantitative estimate of drug-likeness (QED) is 0.605. The molecule has 0 unspecified atom stereocenters. The van der Waals surface area contributed by atoms with Crippen molar-refractivity contribution >= 4 is 27.6 Å². The summed E-state index contributed by atoms with van der Waals surface area (Å²) in [5.74, 6) is -5.48. The molecule has 11 heteroatoms. The molecule has 0 aliphatic rings. The molecule has 1 heterocycles. The highest BCUT2D eigenvalue weighted by atomic mass is 32.2. The number of carboxylic acids is 2. The lowest BCUT2D eigenvalue weighted by Gasteiger charge is -2.15. The summed E-state index contributed by atoms with van der Waals surface area (Å²) >= 11 is 0. The first-order chi connectivity index (χ1) is 11.5. The van der Waals surface area contributed by atoms with Crippen molar-refractivity contribution < 1.29 is 32.6 Å². The minimum absolute atomic E-state index is 0.588. The van der Waals surface area contributed by atoms with E-state index in [-0.39, 0.29) is 0 Å². The van der Waals surface area contributed by atoms with E-state index in [9.17, 15) is 37.4 Å². The predicted molar refractivity (Wildman–Crippen MR) is 83.9 cm³/mol. The monoisotopic (exact) mass is 370 g/mol. The molecule has 0 saturated heterocycles. The number of nitrogens with one attached hydrogen (secondary N) is 1. The number of H-pyrrole nitrogens is 1. The van der Waals surface area contributed by atoms with E-state index >= 15 is 0 Å². The molecule has 1 aromatic carbocycles. The molecule has 25 heavy (non-hydrogen) atoms. The van der Waals surface area contributed by atoms with Crippen molar-refractivity contribution in [2.45, 2.75) is 4.90 Å².